The van der Waals surface area contributed by atoms with Gasteiger partial charge in [-0.3, -0.25) is 14.5 Å². The van der Waals surface area contributed by atoms with E-state index in [9.17, 15) is 9.59 Å². The molecule has 186 valence electrons. The second-order valence-corrected chi connectivity index (χ2v) is 9.84. The molecule has 1 aliphatic rings. The third-order valence-electron chi connectivity index (χ3n) is 5.15. The lowest BCUT2D eigenvalue weighted by molar-refractivity contribution is -0.123. The van der Waals surface area contributed by atoms with Gasteiger partial charge >= 0.3 is 0 Å². The zero-order valence-electron chi connectivity index (χ0n) is 19.0. The maximum Gasteiger partial charge on any atom is 0.293 e. The fourth-order valence-electron chi connectivity index (χ4n) is 3.32. The van der Waals surface area contributed by atoms with Crippen LogP contribution in [-0.2, 0) is 11.4 Å². The van der Waals surface area contributed by atoms with E-state index in [1.54, 1.807) is 66.7 Å². The van der Waals surface area contributed by atoms with E-state index in [2.05, 4.69) is 0 Å². The zero-order valence-corrected chi connectivity index (χ0v) is 22.1. The molecule has 0 atom stereocenters. The van der Waals surface area contributed by atoms with Crippen LogP contribution in [0.1, 0.15) is 11.1 Å². The molecule has 0 N–H and O–H groups in total. The topological polar surface area (TPSA) is 65.1 Å². The lowest BCUT2D eigenvalue weighted by Crippen LogP contribution is -2.32. The van der Waals surface area contributed by atoms with Crippen LogP contribution < -0.4 is 14.2 Å². The summed E-state index contributed by atoms with van der Waals surface area (Å²) in [5, 5.41) is 1.27. The van der Waals surface area contributed by atoms with Crippen LogP contribution in [0.3, 0.4) is 0 Å². The average molecular weight is 565 g/mol. The summed E-state index contributed by atoms with van der Waals surface area (Å²) in [5.74, 6) is 1.21. The first-order valence-corrected chi connectivity index (χ1v) is 12.7. The molecule has 1 aliphatic heterocycles. The molecule has 2 amide bonds. The maximum atomic E-state index is 12.9. The van der Waals surface area contributed by atoms with Crippen molar-refractivity contribution in [2.45, 2.75) is 6.61 Å². The van der Waals surface area contributed by atoms with Crippen LogP contribution >= 0.6 is 46.6 Å². The van der Waals surface area contributed by atoms with Gasteiger partial charge in [0.25, 0.3) is 11.1 Å². The summed E-state index contributed by atoms with van der Waals surface area (Å²) < 4.78 is 16.9. The molecule has 0 aromatic heterocycles. The van der Waals surface area contributed by atoms with Crippen molar-refractivity contribution >= 4 is 63.8 Å². The molecule has 1 saturated heterocycles. The first-order valence-electron chi connectivity index (χ1n) is 10.7. The molecule has 36 heavy (non-hydrogen) atoms. The third kappa shape index (κ3) is 6.48. The summed E-state index contributed by atoms with van der Waals surface area (Å²) in [7, 11) is 1.54. The van der Waals surface area contributed by atoms with Crippen LogP contribution in [0.4, 0.5) is 4.79 Å². The van der Waals surface area contributed by atoms with E-state index in [1.165, 1.54) is 7.11 Å². The van der Waals surface area contributed by atoms with E-state index >= 15 is 0 Å². The minimum atomic E-state index is -0.379. The molecule has 0 spiro atoms. The fourth-order valence-corrected chi connectivity index (χ4v) is 4.77. The van der Waals surface area contributed by atoms with Crippen LogP contribution in [0.5, 0.6) is 17.2 Å². The number of amides is 2. The van der Waals surface area contributed by atoms with E-state index in [1.807, 2.05) is 0 Å². The minimum Gasteiger partial charge on any atom is -0.493 e. The van der Waals surface area contributed by atoms with Gasteiger partial charge in [0.2, 0.25) is 0 Å². The number of methoxy groups -OCH3 is 1. The van der Waals surface area contributed by atoms with Gasteiger partial charge < -0.3 is 14.2 Å². The molecular weight excluding hydrogens is 545 g/mol. The molecule has 3 aromatic carbocycles. The Labute approximate surface area is 227 Å². The van der Waals surface area contributed by atoms with Crippen LogP contribution in [-0.4, -0.2) is 36.3 Å². The van der Waals surface area contributed by atoms with E-state index in [0.717, 1.165) is 22.2 Å². The van der Waals surface area contributed by atoms with Crippen molar-refractivity contribution < 1.29 is 23.8 Å². The molecule has 0 radical (unpaired) electrons. The van der Waals surface area contributed by atoms with Gasteiger partial charge in [-0.15, -0.1) is 0 Å². The second-order valence-electron chi connectivity index (χ2n) is 7.57. The second kappa shape index (κ2) is 11.9. The summed E-state index contributed by atoms with van der Waals surface area (Å²) in [4.78, 5) is 26.8. The van der Waals surface area contributed by atoms with Crippen molar-refractivity contribution in [3.8, 4) is 17.2 Å². The van der Waals surface area contributed by atoms with Gasteiger partial charge in [-0.25, -0.2) is 0 Å². The van der Waals surface area contributed by atoms with Crippen molar-refractivity contribution in [2.24, 2.45) is 0 Å². The Morgan fingerprint density at radius 2 is 1.64 bits per heavy atom. The van der Waals surface area contributed by atoms with Gasteiger partial charge in [0.1, 0.15) is 19.0 Å². The first kappa shape index (κ1) is 26.2. The van der Waals surface area contributed by atoms with Gasteiger partial charge in [-0.1, -0.05) is 46.9 Å². The summed E-state index contributed by atoms with van der Waals surface area (Å²) in [6, 6.07) is 17.3. The molecule has 3 aromatic rings. The van der Waals surface area contributed by atoms with Gasteiger partial charge in [0.15, 0.2) is 11.5 Å². The van der Waals surface area contributed by atoms with Gasteiger partial charge in [0.05, 0.1) is 18.6 Å². The lowest BCUT2D eigenvalue weighted by Gasteiger charge is -2.13. The number of carbonyl (C=O) groups is 2. The summed E-state index contributed by atoms with van der Waals surface area (Å²) in [6.07, 6.45) is 1.65. The Balaban J connectivity index is 1.43. The van der Waals surface area contributed by atoms with Crippen molar-refractivity contribution in [3.63, 3.8) is 0 Å². The number of hydrogen-bond donors (Lipinski definition) is 0. The predicted molar refractivity (Wildman–Crippen MR) is 143 cm³/mol. The third-order valence-corrected chi connectivity index (χ3v) is 6.90. The molecule has 0 saturated carbocycles. The normalized spacial score (nSPS) is 14.4. The number of hydrogen-bond acceptors (Lipinski definition) is 6. The van der Waals surface area contributed by atoms with Crippen LogP contribution in [0, 0.1) is 0 Å². The van der Waals surface area contributed by atoms with Gasteiger partial charge in [0, 0.05) is 20.6 Å². The highest BCUT2D eigenvalue weighted by Gasteiger charge is 2.34. The Hall–Kier alpha value is -2.84. The van der Waals surface area contributed by atoms with Crippen molar-refractivity contribution in [1.29, 1.82) is 0 Å². The Bertz CT molecular complexity index is 1310. The van der Waals surface area contributed by atoms with E-state index in [4.69, 9.17) is 49.0 Å². The molecule has 6 nitrogen and oxygen atoms in total. The number of halogens is 3. The van der Waals surface area contributed by atoms with Gasteiger partial charge in [-0.05, 0) is 71.9 Å². The van der Waals surface area contributed by atoms with Crippen LogP contribution in [0.2, 0.25) is 15.1 Å². The number of rotatable bonds is 9. The Kier molecular flexibility index (Phi) is 8.69. The van der Waals surface area contributed by atoms with Crippen molar-refractivity contribution in [2.75, 3.05) is 20.3 Å². The zero-order chi connectivity index (χ0) is 25.7. The quantitative estimate of drug-likeness (QED) is 0.253. The standard InChI is InChI=1S/C26H20Cl3NO5S/c1-33-22-9-2-16(12-23(22)35-15-17-3-4-19(28)14-21(17)29)13-24-25(31)30(26(32)36-24)10-11-34-20-7-5-18(27)6-8-20/h2-9,12-14H,10-11,15H2,1H3/b24-13-. The Morgan fingerprint density at radius 3 is 2.36 bits per heavy atom. The SMILES string of the molecule is COc1ccc(/C=C2\SC(=O)N(CCOc3ccc(Cl)cc3)C2=O)cc1OCc1ccc(Cl)cc1Cl. The number of benzene rings is 3. The largest absolute Gasteiger partial charge is 0.493 e. The highest BCUT2D eigenvalue weighted by atomic mass is 35.5. The van der Waals surface area contributed by atoms with Gasteiger partial charge in [-0.2, -0.15) is 0 Å². The highest BCUT2D eigenvalue weighted by molar-refractivity contribution is 8.18. The monoisotopic (exact) mass is 563 g/mol. The number of thioether (sulfide) groups is 1. The van der Waals surface area contributed by atoms with E-state index in [0.29, 0.717) is 42.8 Å². The molecule has 0 unspecified atom stereocenters. The molecule has 10 heteroatoms. The molecular formula is C26H20Cl3NO5S. The van der Waals surface area contributed by atoms with E-state index in [-0.39, 0.29) is 30.9 Å². The Morgan fingerprint density at radius 1 is 0.889 bits per heavy atom. The maximum absolute atomic E-state index is 12.9. The van der Waals surface area contributed by atoms with E-state index < -0.39 is 0 Å². The highest BCUT2D eigenvalue weighted by Crippen LogP contribution is 2.35. The molecule has 1 fully saturated rings. The fraction of sp³-hybridized carbons (Fsp3) is 0.154. The van der Waals surface area contributed by atoms with Crippen molar-refractivity contribution in [3.05, 3.63) is 91.8 Å². The number of imide groups is 1. The summed E-state index contributed by atoms with van der Waals surface area (Å²) >= 11 is 18.9. The number of ether oxygens (including phenoxy) is 3. The lowest BCUT2D eigenvalue weighted by atomic mass is 10.1. The molecule has 1 heterocycles. The summed E-state index contributed by atoms with van der Waals surface area (Å²) in [6.45, 7) is 0.490. The first-order chi connectivity index (χ1) is 17.3. The number of carbonyl (C=O) groups excluding carboxylic acids is 2. The summed E-state index contributed by atoms with van der Waals surface area (Å²) in [5.41, 5.74) is 1.44. The smallest absolute Gasteiger partial charge is 0.293 e. The molecule has 0 bridgehead atoms. The average Bonchev–Trinajstić information content (AvgIpc) is 3.12. The number of nitrogens with zero attached hydrogens (tertiary/aromatic N) is 1. The minimum absolute atomic E-state index is 0.128. The molecule has 0 aliphatic carbocycles. The van der Waals surface area contributed by atoms with Crippen LogP contribution in [0.25, 0.3) is 6.08 Å². The predicted octanol–water partition coefficient (Wildman–Crippen LogP) is 7.35. The molecule has 4 rings (SSSR count). The van der Waals surface area contributed by atoms with Crippen LogP contribution in [0.15, 0.2) is 65.6 Å². The van der Waals surface area contributed by atoms with Crippen molar-refractivity contribution in [1.82, 2.24) is 4.90 Å².